The number of anilines is 1. The third-order valence-electron chi connectivity index (χ3n) is 2.42. The number of alkyl halides is 1. The van der Waals surface area contributed by atoms with Gasteiger partial charge in [0, 0.05) is 6.04 Å². The lowest BCUT2D eigenvalue weighted by molar-refractivity contribution is 0.756. The molecule has 1 aromatic rings. The molecule has 0 bridgehead atoms. The quantitative estimate of drug-likeness (QED) is 0.796. The van der Waals surface area contributed by atoms with Crippen LogP contribution in [-0.2, 0) is 0 Å². The molecule has 0 aliphatic heterocycles. The van der Waals surface area contributed by atoms with Gasteiger partial charge in [-0.2, -0.15) is 0 Å². The maximum Gasteiger partial charge on any atom is 0.148 e. The van der Waals surface area contributed by atoms with Crippen LogP contribution < -0.4 is 5.32 Å². The fourth-order valence-electron chi connectivity index (χ4n) is 1.67. The van der Waals surface area contributed by atoms with Crippen molar-refractivity contribution in [1.29, 1.82) is 0 Å². The maximum atomic E-state index is 6.13. The summed E-state index contributed by atoms with van der Waals surface area (Å²) in [5.74, 6) is 0.680. The van der Waals surface area contributed by atoms with Gasteiger partial charge >= 0.3 is 0 Å². The highest BCUT2D eigenvalue weighted by molar-refractivity contribution is 6.32. The summed E-state index contributed by atoms with van der Waals surface area (Å²) in [4.78, 5) is 7.89. The summed E-state index contributed by atoms with van der Waals surface area (Å²) in [5, 5.41) is 3.97. The van der Waals surface area contributed by atoms with Crippen LogP contribution in [0.15, 0.2) is 12.5 Å². The van der Waals surface area contributed by atoms with Crippen LogP contribution in [0, 0.1) is 0 Å². The standard InChI is InChI=1S/C9H11Cl2N3/c10-6-2-1-3-8(6)14-9-7(11)4-12-5-13-9/h4-6,8H,1-3H2,(H,12,13,14). The van der Waals surface area contributed by atoms with Crippen LogP contribution >= 0.6 is 23.2 Å². The van der Waals surface area contributed by atoms with E-state index in [0.717, 1.165) is 19.3 Å². The molecule has 0 radical (unpaired) electrons. The summed E-state index contributed by atoms with van der Waals surface area (Å²) < 4.78 is 0. The zero-order chi connectivity index (χ0) is 9.97. The number of halogens is 2. The minimum absolute atomic E-state index is 0.182. The molecule has 0 spiro atoms. The van der Waals surface area contributed by atoms with Crippen molar-refractivity contribution in [3.63, 3.8) is 0 Å². The third-order valence-corrected chi connectivity index (χ3v) is 3.22. The minimum Gasteiger partial charge on any atom is -0.365 e. The Hall–Kier alpha value is -0.540. The largest absolute Gasteiger partial charge is 0.365 e. The molecule has 1 saturated carbocycles. The second-order valence-electron chi connectivity index (χ2n) is 3.42. The van der Waals surface area contributed by atoms with E-state index in [2.05, 4.69) is 15.3 Å². The first-order valence-corrected chi connectivity index (χ1v) is 5.45. The molecule has 3 nitrogen and oxygen atoms in total. The lowest BCUT2D eigenvalue weighted by Gasteiger charge is -2.16. The van der Waals surface area contributed by atoms with Gasteiger partial charge in [0.1, 0.15) is 17.2 Å². The van der Waals surface area contributed by atoms with Crippen molar-refractivity contribution < 1.29 is 0 Å². The Bertz CT molecular complexity index is 319. The first kappa shape index (κ1) is 9.99. The van der Waals surface area contributed by atoms with Crippen LogP contribution in [0.4, 0.5) is 5.82 Å². The summed E-state index contributed by atoms with van der Waals surface area (Å²) in [6.07, 6.45) is 6.35. The molecule has 2 rings (SSSR count). The van der Waals surface area contributed by atoms with Crippen LogP contribution in [-0.4, -0.2) is 21.4 Å². The van der Waals surface area contributed by atoms with E-state index in [9.17, 15) is 0 Å². The number of aromatic nitrogens is 2. The van der Waals surface area contributed by atoms with Crippen LogP contribution in [0.5, 0.6) is 0 Å². The summed E-state index contributed by atoms with van der Waals surface area (Å²) >= 11 is 12.1. The molecule has 1 aromatic heterocycles. The summed E-state index contributed by atoms with van der Waals surface area (Å²) in [7, 11) is 0. The first-order valence-electron chi connectivity index (χ1n) is 4.63. The van der Waals surface area contributed by atoms with Crippen LogP contribution in [0.2, 0.25) is 5.02 Å². The predicted molar refractivity (Wildman–Crippen MR) is 57.9 cm³/mol. The van der Waals surface area contributed by atoms with E-state index < -0.39 is 0 Å². The molecule has 14 heavy (non-hydrogen) atoms. The van der Waals surface area contributed by atoms with Gasteiger partial charge < -0.3 is 5.32 Å². The number of rotatable bonds is 2. The highest BCUT2D eigenvalue weighted by Gasteiger charge is 2.25. The zero-order valence-electron chi connectivity index (χ0n) is 7.58. The van der Waals surface area contributed by atoms with Gasteiger partial charge in [-0.1, -0.05) is 11.6 Å². The minimum atomic E-state index is 0.182. The number of hydrogen-bond donors (Lipinski definition) is 1. The second-order valence-corrected chi connectivity index (χ2v) is 4.38. The van der Waals surface area contributed by atoms with Crippen molar-refractivity contribution in [3.05, 3.63) is 17.5 Å². The normalized spacial score (nSPS) is 26.4. The van der Waals surface area contributed by atoms with E-state index in [1.807, 2.05) is 0 Å². The van der Waals surface area contributed by atoms with Gasteiger partial charge in [0.2, 0.25) is 0 Å². The van der Waals surface area contributed by atoms with Crippen molar-refractivity contribution in [2.45, 2.75) is 30.7 Å². The molecule has 2 unspecified atom stereocenters. The Labute approximate surface area is 92.8 Å². The lowest BCUT2D eigenvalue weighted by atomic mass is 10.2. The smallest absolute Gasteiger partial charge is 0.148 e. The molecule has 76 valence electrons. The molecule has 1 aliphatic carbocycles. The van der Waals surface area contributed by atoms with Gasteiger partial charge in [-0.3, -0.25) is 0 Å². The van der Waals surface area contributed by atoms with Crippen LogP contribution in [0.25, 0.3) is 0 Å². The first-order chi connectivity index (χ1) is 6.77. The zero-order valence-corrected chi connectivity index (χ0v) is 9.09. The molecular formula is C9H11Cl2N3. The van der Waals surface area contributed by atoms with E-state index in [1.165, 1.54) is 6.33 Å². The molecule has 1 N–H and O–H groups in total. The topological polar surface area (TPSA) is 37.8 Å². The molecule has 1 aliphatic rings. The number of hydrogen-bond acceptors (Lipinski definition) is 3. The fraction of sp³-hybridized carbons (Fsp3) is 0.556. The van der Waals surface area contributed by atoms with Gasteiger partial charge in [0.25, 0.3) is 0 Å². The number of nitrogens with zero attached hydrogens (tertiary/aromatic N) is 2. The Kier molecular flexibility index (Phi) is 3.08. The van der Waals surface area contributed by atoms with Gasteiger partial charge in [0.15, 0.2) is 0 Å². The highest BCUT2D eigenvalue weighted by atomic mass is 35.5. The Morgan fingerprint density at radius 2 is 2.29 bits per heavy atom. The SMILES string of the molecule is Clc1cncnc1NC1CCCC1Cl. The van der Waals surface area contributed by atoms with E-state index in [4.69, 9.17) is 23.2 Å². The average molecular weight is 232 g/mol. The molecule has 0 aromatic carbocycles. The van der Waals surface area contributed by atoms with Gasteiger partial charge in [-0.25, -0.2) is 9.97 Å². The van der Waals surface area contributed by atoms with E-state index in [1.54, 1.807) is 6.20 Å². The fourth-order valence-corrected chi connectivity index (χ4v) is 2.17. The molecule has 2 atom stereocenters. The van der Waals surface area contributed by atoms with Crippen LogP contribution in [0.1, 0.15) is 19.3 Å². The average Bonchev–Trinajstić information content (AvgIpc) is 2.56. The van der Waals surface area contributed by atoms with Crippen molar-refractivity contribution >= 4 is 29.0 Å². The van der Waals surface area contributed by atoms with E-state index >= 15 is 0 Å². The Balaban J connectivity index is 2.07. The Morgan fingerprint density at radius 3 is 2.93 bits per heavy atom. The second kappa shape index (κ2) is 4.32. The lowest BCUT2D eigenvalue weighted by Crippen LogP contribution is -2.24. The molecule has 1 heterocycles. The van der Waals surface area contributed by atoms with Crippen molar-refractivity contribution in [1.82, 2.24) is 9.97 Å². The molecule has 0 saturated heterocycles. The van der Waals surface area contributed by atoms with Crippen molar-refractivity contribution in [3.8, 4) is 0 Å². The Morgan fingerprint density at radius 1 is 1.43 bits per heavy atom. The molecule has 1 fully saturated rings. The molecule has 0 amide bonds. The predicted octanol–water partition coefficient (Wildman–Crippen LogP) is 2.70. The van der Waals surface area contributed by atoms with Gasteiger partial charge in [-0.15, -0.1) is 11.6 Å². The summed E-state index contributed by atoms with van der Waals surface area (Å²) in [5.41, 5.74) is 0. The van der Waals surface area contributed by atoms with Crippen molar-refractivity contribution in [2.75, 3.05) is 5.32 Å². The maximum absolute atomic E-state index is 6.13. The molecular weight excluding hydrogens is 221 g/mol. The third kappa shape index (κ3) is 2.10. The summed E-state index contributed by atoms with van der Waals surface area (Å²) in [6, 6.07) is 0.282. The van der Waals surface area contributed by atoms with E-state index in [0.29, 0.717) is 10.8 Å². The summed E-state index contributed by atoms with van der Waals surface area (Å²) in [6.45, 7) is 0. The van der Waals surface area contributed by atoms with Crippen LogP contribution in [0.3, 0.4) is 0 Å². The van der Waals surface area contributed by atoms with E-state index in [-0.39, 0.29) is 11.4 Å². The van der Waals surface area contributed by atoms with Crippen molar-refractivity contribution in [2.24, 2.45) is 0 Å². The monoisotopic (exact) mass is 231 g/mol. The number of nitrogens with one attached hydrogen (secondary N) is 1. The molecule has 5 heteroatoms. The van der Waals surface area contributed by atoms with Gasteiger partial charge in [-0.05, 0) is 19.3 Å². The highest BCUT2D eigenvalue weighted by Crippen LogP contribution is 2.28. The van der Waals surface area contributed by atoms with Gasteiger partial charge in [0.05, 0.1) is 11.6 Å².